The van der Waals surface area contributed by atoms with Crippen LogP contribution in [0.25, 0.3) is 0 Å². The van der Waals surface area contributed by atoms with Crippen molar-refractivity contribution in [3.8, 4) is 5.75 Å². The molecule has 1 aliphatic heterocycles. The zero-order chi connectivity index (χ0) is 14.0. The molecule has 5 nitrogen and oxygen atoms in total. The van der Waals surface area contributed by atoms with Crippen LogP contribution in [0.3, 0.4) is 0 Å². The van der Waals surface area contributed by atoms with Gasteiger partial charge in [-0.05, 0) is 24.1 Å². The lowest BCUT2D eigenvalue weighted by Gasteiger charge is -2.21. The number of anilines is 1. The second-order valence-corrected chi connectivity index (χ2v) is 5.13. The number of fused-ring (bicyclic) bond motifs is 1. The molecule has 2 rings (SSSR count). The van der Waals surface area contributed by atoms with Gasteiger partial charge in [-0.25, -0.2) is 0 Å². The Morgan fingerprint density at radius 1 is 1.47 bits per heavy atom. The quantitative estimate of drug-likeness (QED) is 0.902. The summed E-state index contributed by atoms with van der Waals surface area (Å²) in [5.41, 5.74) is 1.18. The molecule has 102 valence electrons. The second-order valence-electron chi connectivity index (χ2n) is 5.13. The Morgan fingerprint density at radius 3 is 2.89 bits per heavy atom. The molecule has 0 aromatic heterocycles. The fourth-order valence-corrected chi connectivity index (χ4v) is 2.06. The molecule has 0 radical (unpaired) electrons. The number of hydrogen-bond donors (Lipinski definition) is 1. The Balaban J connectivity index is 2.18. The van der Waals surface area contributed by atoms with Crippen LogP contribution < -0.4 is 10.1 Å². The molecule has 0 atom stereocenters. The Morgan fingerprint density at radius 2 is 2.21 bits per heavy atom. The maximum Gasteiger partial charge on any atom is 0.262 e. The van der Waals surface area contributed by atoms with Gasteiger partial charge in [-0.2, -0.15) is 0 Å². The minimum absolute atomic E-state index is 0.00746. The molecule has 0 saturated carbocycles. The van der Waals surface area contributed by atoms with Crippen molar-refractivity contribution in [3.05, 3.63) is 23.8 Å². The van der Waals surface area contributed by atoms with E-state index in [0.29, 0.717) is 29.5 Å². The van der Waals surface area contributed by atoms with Crippen LogP contribution in [0.2, 0.25) is 0 Å². The number of carbonyl (C=O) groups is 2. The molecule has 1 aromatic carbocycles. The normalized spacial score (nSPS) is 13.6. The molecule has 1 aliphatic rings. The molecule has 0 aliphatic carbocycles. The lowest BCUT2D eigenvalue weighted by Crippen LogP contribution is -2.30. The van der Waals surface area contributed by atoms with Crippen LogP contribution in [0.1, 0.15) is 24.2 Å². The van der Waals surface area contributed by atoms with Gasteiger partial charge in [-0.3, -0.25) is 9.59 Å². The number of carbonyl (C=O) groups excluding carboxylic acids is 2. The van der Waals surface area contributed by atoms with Crippen LogP contribution in [0.4, 0.5) is 5.69 Å². The zero-order valence-corrected chi connectivity index (χ0v) is 11.4. The predicted molar refractivity (Wildman–Crippen MR) is 72.4 cm³/mol. The molecule has 0 fully saturated rings. The number of nitrogens with zero attached hydrogens (tertiary/aromatic N) is 1. The summed E-state index contributed by atoms with van der Waals surface area (Å²) >= 11 is 0. The Bertz CT molecular complexity index is 511. The molecule has 5 heteroatoms. The van der Waals surface area contributed by atoms with E-state index in [1.807, 2.05) is 0 Å². The van der Waals surface area contributed by atoms with Crippen molar-refractivity contribution < 1.29 is 14.3 Å². The van der Waals surface area contributed by atoms with Gasteiger partial charge in [0.05, 0.1) is 5.69 Å². The first kappa shape index (κ1) is 13.4. The van der Waals surface area contributed by atoms with Crippen molar-refractivity contribution in [1.29, 1.82) is 0 Å². The number of benzene rings is 1. The molecule has 1 aromatic rings. The number of amides is 2. The Hall–Kier alpha value is -2.04. The molecule has 0 spiro atoms. The summed E-state index contributed by atoms with van der Waals surface area (Å²) in [5, 5.41) is 2.70. The number of ether oxygens (including phenoxy) is 1. The average molecular weight is 262 g/mol. The summed E-state index contributed by atoms with van der Waals surface area (Å²) in [6.45, 7) is 4.82. The van der Waals surface area contributed by atoms with Crippen molar-refractivity contribution in [1.82, 2.24) is 4.90 Å². The maximum atomic E-state index is 12.2. The van der Waals surface area contributed by atoms with E-state index in [1.54, 1.807) is 30.1 Å². The van der Waals surface area contributed by atoms with Crippen molar-refractivity contribution >= 4 is 17.5 Å². The highest BCUT2D eigenvalue weighted by atomic mass is 16.5. The highest BCUT2D eigenvalue weighted by Gasteiger charge is 2.19. The fourth-order valence-electron chi connectivity index (χ4n) is 2.06. The van der Waals surface area contributed by atoms with E-state index in [4.69, 9.17) is 4.74 Å². The van der Waals surface area contributed by atoms with Crippen LogP contribution >= 0.6 is 0 Å². The van der Waals surface area contributed by atoms with Gasteiger partial charge < -0.3 is 15.0 Å². The van der Waals surface area contributed by atoms with Gasteiger partial charge in [0.15, 0.2) is 6.61 Å². The molecule has 1 heterocycles. The van der Waals surface area contributed by atoms with Gasteiger partial charge in [-0.1, -0.05) is 13.8 Å². The summed E-state index contributed by atoms with van der Waals surface area (Å²) in [4.78, 5) is 25.1. The minimum atomic E-state index is -0.177. The van der Waals surface area contributed by atoms with Crippen molar-refractivity contribution in [2.24, 2.45) is 5.92 Å². The molecule has 0 saturated heterocycles. The van der Waals surface area contributed by atoms with Crippen molar-refractivity contribution in [2.45, 2.75) is 13.8 Å². The smallest absolute Gasteiger partial charge is 0.262 e. The molecule has 0 bridgehead atoms. The third-order valence-corrected chi connectivity index (χ3v) is 2.85. The monoisotopic (exact) mass is 262 g/mol. The van der Waals surface area contributed by atoms with E-state index in [1.165, 1.54) is 0 Å². The SMILES string of the molecule is CC(C)CN(C)C(=O)c1ccc2c(c1)OCC(=O)N2. The van der Waals surface area contributed by atoms with E-state index in [-0.39, 0.29) is 18.4 Å². The van der Waals surface area contributed by atoms with E-state index < -0.39 is 0 Å². The third-order valence-electron chi connectivity index (χ3n) is 2.85. The number of nitrogens with one attached hydrogen (secondary N) is 1. The highest BCUT2D eigenvalue weighted by molar-refractivity contribution is 5.98. The topological polar surface area (TPSA) is 58.6 Å². The summed E-state index contributed by atoms with van der Waals surface area (Å²) in [7, 11) is 1.78. The van der Waals surface area contributed by atoms with Crippen molar-refractivity contribution in [3.63, 3.8) is 0 Å². The standard InChI is InChI=1S/C14H18N2O3/c1-9(2)7-16(3)14(18)10-4-5-11-12(6-10)19-8-13(17)15-11/h4-6,9H,7-8H2,1-3H3,(H,15,17). The number of rotatable bonds is 3. The minimum Gasteiger partial charge on any atom is -0.482 e. The number of hydrogen-bond acceptors (Lipinski definition) is 3. The summed E-state index contributed by atoms with van der Waals surface area (Å²) < 4.78 is 5.30. The lowest BCUT2D eigenvalue weighted by atomic mass is 10.1. The molecular weight excluding hydrogens is 244 g/mol. The lowest BCUT2D eigenvalue weighted by molar-refractivity contribution is -0.118. The zero-order valence-electron chi connectivity index (χ0n) is 11.4. The fraction of sp³-hybridized carbons (Fsp3) is 0.429. The Kier molecular flexibility index (Phi) is 3.74. The maximum absolute atomic E-state index is 12.2. The second kappa shape index (κ2) is 5.30. The predicted octanol–water partition coefficient (Wildman–Crippen LogP) is 1.75. The van der Waals surface area contributed by atoms with E-state index in [9.17, 15) is 9.59 Å². The largest absolute Gasteiger partial charge is 0.482 e. The molecule has 19 heavy (non-hydrogen) atoms. The average Bonchev–Trinajstić information content (AvgIpc) is 2.36. The highest BCUT2D eigenvalue weighted by Crippen LogP contribution is 2.28. The van der Waals surface area contributed by atoms with Gasteiger partial charge in [0.2, 0.25) is 0 Å². The van der Waals surface area contributed by atoms with Gasteiger partial charge >= 0.3 is 0 Å². The van der Waals surface area contributed by atoms with E-state index in [0.717, 1.165) is 0 Å². The van der Waals surface area contributed by atoms with Crippen LogP contribution in [0, 0.1) is 5.92 Å². The molecule has 2 amide bonds. The first-order chi connectivity index (χ1) is 8.97. The van der Waals surface area contributed by atoms with Gasteiger partial charge in [-0.15, -0.1) is 0 Å². The molecular formula is C14H18N2O3. The van der Waals surface area contributed by atoms with Crippen LogP contribution in [-0.4, -0.2) is 36.9 Å². The van der Waals surface area contributed by atoms with Crippen LogP contribution in [0.5, 0.6) is 5.75 Å². The Labute approximate surface area is 112 Å². The summed E-state index contributed by atoms with van der Waals surface area (Å²) in [6, 6.07) is 5.07. The van der Waals surface area contributed by atoms with Gasteiger partial charge in [0, 0.05) is 19.2 Å². The molecule has 0 unspecified atom stereocenters. The van der Waals surface area contributed by atoms with E-state index >= 15 is 0 Å². The van der Waals surface area contributed by atoms with Gasteiger partial charge in [0.1, 0.15) is 5.75 Å². The van der Waals surface area contributed by atoms with Crippen LogP contribution in [-0.2, 0) is 4.79 Å². The third kappa shape index (κ3) is 3.05. The first-order valence-corrected chi connectivity index (χ1v) is 6.29. The van der Waals surface area contributed by atoms with Crippen LogP contribution in [0.15, 0.2) is 18.2 Å². The van der Waals surface area contributed by atoms with Gasteiger partial charge in [0.25, 0.3) is 11.8 Å². The molecule has 1 N–H and O–H groups in total. The first-order valence-electron chi connectivity index (χ1n) is 6.29. The van der Waals surface area contributed by atoms with Crippen molar-refractivity contribution in [2.75, 3.05) is 25.5 Å². The summed E-state index contributed by atoms with van der Waals surface area (Å²) in [6.07, 6.45) is 0. The van der Waals surface area contributed by atoms with E-state index in [2.05, 4.69) is 19.2 Å². The summed E-state index contributed by atoms with van der Waals surface area (Å²) in [5.74, 6) is 0.742.